The van der Waals surface area contributed by atoms with Crippen molar-refractivity contribution in [2.75, 3.05) is 0 Å². The molecule has 0 atom stereocenters. The first-order chi connectivity index (χ1) is 0. The second-order valence-electron chi connectivity index (χ2n) is 0. The SMILES string of the molecule is [C].[Ti].[V].[W]. The Balaban J connectivity index is 0. The maximum absolute atomic E-state index is 0. The van der Waals surface area contributed by atoms with Crippen LogP contribution in [0.5, 0.6) is 0 Å². The Morgan fingerprint density at radius 2 is 1.00 bits per heavy atom. The summed E-state index contributed by atoms with van der Waals surface area (Å²) in [5.41, 5.74) is 0. The van der Waals surface area contributed by atoms with E-state index in [1.807, 2.05) is 0 Å². The Labute approximate surface area is 68.1 Å². The summed E-state index contributed by atoms with van der Waals surface area (Å²) in [6.45, 7) is 0. The summed E-state index contributed by atoms with van der Waals surface area (Å²) in [6, 6.07) is 0. The van der Waals surface area contributed by atoms with E-state index in [0.717, 1.165) is 0 Å². The van der Waals surface area contributed by atoms with E-state index >= 15 is 0 Å². The van der Waals surface area contributed by atoms with Crippen LogP contribution in [0.2, 0.25) is 0 Å². The topological polar surface area (TPSA) is 0 Å². The van der Waals surface area contributed by atoms with Crippen LogP contribution in [0.15, 0.2) is 0 Å². The monoisotopic (exact) mass is 295 g/mol. The average molecular weight is 295 g/mol. The first-order valence-corrected chi connectivity index (χ1v) is 0. The van der Waals surface area contributed by atoms with E-state index in [0.29, 0.717) is 0 Å². The van der Waals surface area contributed by atoms with Gasteiger partial charge in [0.2, 0.25) is 0 Å². The number of rotatable bonds is 0. The van der Waals surface area contributed by atoms with Crippen LogP contribution in [-0.2, 0) is 61.3 Å². The van der Waals surface area contributed by atoms with Gasteiger partial charge in [-0.2, -0.15) is 0 Å². The van der Waals surface area contributed by atoms with E-state index in [1.54, 1.807) is 0 Å². The van der Waals surface area contributed by atoms with Crippen LogP contribution in [0.4, 0.5) is 0 Å². The smallest absolute Gasteiger partial charge is 0 e. The Morgan fingerprint density at radius 3 is 1.00 bits per heavy atom. The molecule has 0 aromatic carbocycles. The summed E-state index contributed by atoms with van der Waals surface area (Å²) in [4.78, 5) is 0. The van der Waals surface area contributed by atoms with Crippen molar-refractivity contribution in [3.05, 3.63) is 7.43 Å². The van der Waals surface area contributed by atoms with E-state index in [2.05, 4.69) is 0 Å². The summed E-state index contributed by atoms with van der Waals surface area (Å²) in [7, 11) is 0. The van der Waals surface area contributed by atoms with Crippen LogP contribution < -0.4 is 0 Å². The van der Waals surface area contributed by atoms with Crippen LogP contribution in [0.1, 0.15) is 0 Å². The van der Waals surface area contributed by atoms with Crippen molar-refractivity contribution in [3.63, 3.8) is 0 Å². The second-order valence-corrected chi connectivity index (χ2v) is 0. The van der Waals surface area contributed by atoms with Gasteiger partial charge in [0, 0.05) is 68.8 Å². The summed E-state index contributed by atoms with van der Waals surface area (Å²) < 4.78 is 0. The molecule has 0 unspecified atom stereocenters. The quantitative estimate of drug-likeness (QED) is 0.555. The first kappa shape index (κ1) is 37.7. The van der Waals surface area contributed by atoms with Gasteiger partial charge < -0.3 is 0 Å². The largest absolute Gasteiger partial charge is 0 e. The van der Waals surface area contributed by atoms with Gasteiger partial charge in [-0.3, -0.25) is 0 Å². The van der Waals surface area contributed by atoms with Gasteiger partial charge in [0.15, 0.2) is 0 Å². The average Bonchev–Trinajstić information content (AvgIpc) is 0. The zero-order valence-corrected chi connectivity index (χ0v) is 7.75. The normalized spacial score (nSPS) is 0. The van der Waals surface area contributed by atoms with E-state index in [-0.39, 0.29) is 68.8 Å². The molecule has 0 N–H and O–H groups in total. The standard InChI is InChI=1S/C.Ti.V.W. The van der Waals surface area contributed by atoms with Crippen molar-refractivity contribution in [2.24, 2.45) is 0 Å². The van der Waals surface area contributed by atoms with E-state index in [4.69, 9.17) is 0 Å². The minimum absolute atomic E-state index is 0. The van der Waals surface area contributed by atoms with E-state index in [1.165, 1.54) is 0 Å². The summed E-state index contributed by atoms with van der Waals surface area (Å²) >= 11 is 0. The minimum atomic E-state index is 0. The molecule has 5 radical (unpaired) electrons. The number of hydrogen-bond acceptors (Lipinski definition) is 0. The maximum atomic E-state index is 0. The van der Waals surface area contributed by atoms with Gasteiger partial charge in [0.25, 0.3) is 0 Å². The fourth-order valence-electron chi connectivity index (χ4n) is 0. The van der Waals surface area contributed by atoms with Crippen molar-refractivity contribution >= 4 is 0 Å². The van der Waals surface area contributed by atoms with Crippen LogP contribution in [0, 0.1) is 7.43 Å². The van der Waals surface area contributed by atoms with Gasteiger partial charge in [-0.05, 0) is 0 Å². The molecule has 0 fully saturated rings. The van der Waals surface area contributed by atoms with Crippen LogP contribution in [-0.4, -0.2) is 0 Å². The molecule has 0 saturated heterocycles. The second kappa shape index (κ2) is 20.1. The molecule has 0 aliphatic rings. The molecule has 0 heterocycles. The molecule has 0 bridgehead atoms. The third-order valence-corrected chi connectivity index (χ3v) is 0. The molecule has 0 rings (SSSR count). The maximum Gasteiger partial charge on any atom is 0 e. The van der Waals surface area contributed by atoms with Crippen molar-refractivity contribution < 1.29 is 61.3 Å². The molecule has 0 aliphatic heterocycles. The summed E-state index contributed by atoms with van der Waals surface area (Å²) in [5.74, 6) is 0. The van der Waals surface area contributed by atoms with Crippen LogP contribution in [0.25, 0.3) is 0 Å². The Bertz CT molecular complexity index is 8.00. The van der Waals surface area contributed by atoms with E-state index < -0.39 is 0 Å². The molecule has 0 aromatic heterocycles. The minimum Gasteiger partial charge on any atom is 0 e. The van der Waals surface area contributed by atoms with Gasteiger partial charge >= 0.3 is 0 Å². The molecule has 3 heteroatoms. The molecule has 0 amide bonds. The summed E-state index contributed by atoms with van der Waals surface area (Å²) in [5, 5.41) is 0. The molecular weight excluding hydrogens is 295 g/mol. The zero-order valence-electron chi connectivity index (χ0n) is 1.86. The van der Waals surface area contributed by atoms with Crippen LogP contribution in [0.3, 0.4) is 0 Å². The van der Waals surface area contributed by atoms with Crippen molar-refractivity contribution in [3.8, 4) is 0 Å². The van der Waals surface area contributed by atoms with E-state index in [9.17, 15) is 0 Å². The molecule has 0 aromatic rings. The van der Waals surface area contributed by atoms with Crippen molar-refractivity contribution in [1.29, 1.82) is 0 Å². The molecule has 0 spiro atoms. The Morgan fingerprint density at radius 1 is 1.00 bits per heavy atom. The fraction of sp³-hybridized carbons (Fsp3) is 0. The van der Waals surface area contributed by atoms with Crippen molar-refractivity contribution in [1.82, 2.24) is 0 Å². The molecule has 0 nitrogen and oxygen atoms in total. The summed E-state index contributed by atoms with van der Waals surface area (Å²) in [6.07, 6.45) is 0. The van der Waals surface area contributed by atoms with Crippen LogP contribution >= 0.6 is 0 Å². The van der Waals surface area contributed by atoms with Gasteiger partial charge in [0.05, 0.1) is 0 Å². The zero-order chi connectivity index (χ0) is 0. The first-order valence-electron chi connectivity index (χ1n) is 0. The predicted molar refractivity (Wildman–Crippen MR) is 3.24 cm³/mol. The van der Waals surface area contributed by atoms with Gasteiger partial charge in [0.1, 0.15) is 0 Å². The fourth-order valence-corrected chi connectivity index (χ4v) is 0. The Kier molecular flexibility index (Phi) is 189. The van der Waals surface area contributed by atoms with Gasteiger partial charge in [-0.25, -0.2) is 0 Å². The van der Waals surface area contributed by atoms with Gasteiger partial charge in [-0.1, -0.05) is 0 Å². The molecule has 0 aliphatic carbocycles. The molecule has 4 heavy (non-hydrogen) atoms. The molecular formula is CTiVW. The predicted octanol–water partition coefficient (Wildman–Crippen LogP) is 0.0738. The number of hydrogen-bond donors (Lipinski definition) is 0. The van der Waals surface area contributed by atoms with Crippen molar-refractivity contribution in [2.45, 2.75) is 0 Å². The third kappa shape index (κ3) is 9.01. The molecule has 0 saturated carbocycles. The third-order valence-electron chi connectivity index (χ3n) is 0. The molecule has 19 valence electrons. The van der Waals surface area contributed by atoms with Gasteiger partial charge in [-0.15, -0.1) is 0 Å². The Hall–Kier alpha value is 1.99.